The van der Waals surface area contributed by atoms with Gasteiger partial charge in [0.05, 0.1) is 5.69 Å². The van der Waals surface area contributed by atoms with Gasteiger partial charge >= 0.3 is 0 Å². The molecule has 2 unspecified atom stereocenters. The van der Waals surface area contributed by atoms with E-state index < -0.39 is 0 Å². The Hall–Kier alpha value is -2.59. The number of aromatic amines is 1. The van der Waals surface area contributed by atoms with Crippen molar-refractivity contribution in [2.75, 3.05) is 13.6 Å². The normalized spacial score (nSPS) is 18.1. The maximum Gasteiger partial charge on any atom is 0.226 e. The zero-order valence-electron chi connectivity index (χ0n) is 15.9. The minimum Gasteiger partial charge on any atom is -0.345 e. The first kappa shape index (κ1) is 18.8. The minimum atomic E-state index is 0.0711. The van der Waals surface area contributed by atoms with Crippen molar-refractivity contribution in [3.8, 4) is 11.3 Å². The van der Waals surface area contributed by atoms with Gasteiger partial charge in [0.25, 0.3) is 0 Å². The van der Waals surface area contributed by atoms with Crippen LogP contribution in [0.4, 0.5) is 0 Å². The fraction of sp³-hybridized carbons (Fsp3) is 0.304. The molecule has 1 aliphatic rings. The minimum absolute atomic E-state index is 0.0711. The van der Waals surface area contributed by atoms with Gasteiger partial charge in [0.15, 0.2) is 0 Å². The maximum atomic E-state index is 12.7. The van der Waals surface area contributed by atoms with Crippen LogP contribution in [0.1, 0.15) is 30.0 Å². The predicted molar refractivity (Wildman–Crippen MR) is 112 cm³/mol. The molecule has 2 atom stereocenters. The van der Waals surface area contributed by atoms with Crippen LogP contribution in [0.3, 0.4) is 0 Å². The summed E-state index contributed by atoms with van der Waals surface area (Å²) in [4.78, 5) is 14.6. The Balaban J connectivity index is 1.26. The van der Waals surface area contributed by atoms with Crippen molar-refractivity contribution >= 4 is 17.5 Å². The summed E-state index contributed by atoms with van der Waals surface area (Å²) in [5.74, 6) is 0.561. The average molecular weight is 394 g/mol. The molecule has 0 spiro atoms. The van der Waals surface area contributed by atoms with Crippen LogP contribution in [-0.2, 0) is 11.2 Å². The van der Waals surface area contributed by atoms with Crippen molar-refractivity contribution in [3.05, 3.63) is 76.9 Å². The number of halogens is 1. The summed E-state index contributed by atoms with van der Waals surface area (Å²) in [5, 5.41) is 8.26. The summed E-state index contributed by atoms with van der Waals surface area (Å²) >= 11 is 6.27. The highest BCUT2D eigenvalue weighted by Crippen LogP contribution is 2.50. The number of aryl methyl sites for hydroxylation is 1. The number of benzene rings is 2. The number of aromatic nitrogens is 2. The Kier molecular flexibility index (Phi) is 5.49. The first-order valence-electron chi connectivity index (χ1n) is 9.72. The van der Waals surface area contributed by atoms with Crippen LogP contribution in [0.5, 0.6) is 0 Å². The Morgan fingerprint density at radius 2 is 1.93 bits per heavy atom. The van der Waals surface area contributed by atoms with Crippen LogP contribution in [0.2, 0.25) is 5.02 Å². The number of hydrogen-bond donors (Lipinski definition) is 1. The largest absolute Gasteiger partial charge is 0.345 e. The highest BCUT2D eigenvalue weighted by molar-refractivity contribution is 6.31. The molecule has 4 rings (SSSR count). The molecule has 2 aromatic carbocycles. The molecule has 4 nitrogen and oxygen atoms in total. The molecule has 28 heavy (non-hydrogen) atoms. The lowest BCUT2D eigenvalue weighted by Crippen LogP contribution is -2.29. The Bertz CT molecular complexity index is 953. The van der Waals surface area contributed by atoms with E-state index in [0.29, 0.717) is 0 Å². The van der Waals surface area contributed by atoms with Gasteiger partial charge in [-0.05, 0) is 42.9 Å². The number of nitrogens with one attached hydrogen (secondary N) is 1. The fourth-order valence-corrected chi connectivity index (χ4v) is 4.01. The quantitative estimate of drug-likeness (QED) is 0.619. The number of carbonyl (C=O) groups excluding carboxylic acids is 1. The van der Waals surface area contributed by atoms with Gasteiger partial charge in [-0.15, -0.1) is 0 Å². The molecule has 1 N–H and O–H groups in total. The number of hydrogen-bond acceptors (Lipinski definition) is 2. The van der Waals surface area contributed by atoms with E-state index >= 15 is 0 Å². The maximum absolute atomic E-state index is 12.7. The molecule has 1 aromatic heterocycles. The molecule has 1 amide bonds. The van der Waals surface area contributed by atoms with Gasteiger partial charge in [0, 0.05) is 35.8 Å². The number of rotatable bonds is 7. The third kappa shape index (κ3) is 4.12. The summed E-state index contributed by atoms with van der Waals surface area (Å²) < 4.78 is 0. The predicted octanol–water partition coefficient (Wildman–Crippen LogP) is 4.92. The lowest BCUT2D eigenvalue weighted by Gasteiger charge is -2.17. The van der Waals surface area contributed by atoms with Crippen molar-refractivity contribution < 1.29 is 4.79 Å². The van der Waals surface area contributed by atoms with Crippen LogP contribution in [-0.4, -0.2) is 34.6 Å². The van der Waals surface area contributed by atoms with Gasteiger partial charge in [-0.1, -0.05) is 60.1 Å². The van der Waals surface area contributed by atoms with E-state index in [1.165, 1.54) is 0 Å². The summed E-state index contributed by atoms with van der Waals surface area (Å²) in [5.41, 5.74) is 4.26. The van der Waals surface area contributed by atoms with E-state index in [2.05, 4.69) is 28.4 Å². The van der Waals surface area contributed by atoms with E-state index in [0.717, 1.165) is 53.3 Å². The third-order valence-electron chi connectivity index (χ3n) is 5.43. The van der Waals surface area contributed by atoms with E-state index in [9.17, 15) is 4.79 Å². The molecule has 144 valence electrons. The lowest BCUT2D eigenvalue weighted by molar-refractivity contribution is -0.131. The van der Waals surface area contributed by atoms with Gasteiger partial charge in [-0.2, -0.15) is 5.10 Å². The Morgan fingerprint density at radius 3 is 2.71 bits per heavy atom. The fourth-order valence-electron chi connectivity index (χ4n) is 3.73. The summed E-state index contributed by atoms with van der Waals surface area (Å²) in [6, 6.07) is 20.1. The van der Waals surface area contributed by atoms with E-state index in [-0.39, 0.29) is 17.7 Å². The number of carbonyl (C=O) groups is 1. The molecular weight excluding hydrogens is 370 g/mol. The van der Waals surface area contributed by atoms with Crippen molar-refractivity contribution in [2.45, 2.75) is 25.2 Å². The monoisotopic (exact) mass is 393 g/mol. The molecule has 1 aliphatic carbocycles. The van der Waals surface area contributed by atoms with Crippen LogP contribution in [0.25, 0.3) is 11.3 Å². The molecule has 0 saturated heterocycles. The molecule has 1 heterocycles. The molecule has 0 radical (unpaired) electrons. The van der Waals surface area contributed by atoms with Crippen LogP contribution >= 0.6 is 11.6 Å². The number of nitrogens with zero attached hydrogens (tertiary/aromatic N) is 2. The number of H-pyrrole nitrogens is 1. The summed E-state index contributed by atoms with van der Waals surface area (Å²) in [6.07, 6.45) is 2.67. The van der Waals surface area contributed by atoms with E-state index in [1.807, 2.05) is 54.4 Å². The Morgan fingerprint density at radius 1 is 1.18 bits per heavy atom. The zero-order chi connectivity index (χ0) is 19.5. The molecule has 0 aliphatic heterocycles. The van der Waals surface area contributed by atoms with Crippen LogP contribution in [0.15, 0.2) is 60.7 Å². The third-order valence-corrected chi connectivity index (χ3v) is 5.77. The Labute approximate surface area is 170 Å². The average Bonchev–Trinajstić information content (AvgIpc) is 3.37. The molecule has 0 bridgehead atoms. The lowest BCUT2D eigenvalue weighted by atomic mass is 10.1. The SMILES string of the molecule is CN(CCCc1cc(-c2ccccc2)n[nH]1)C(=O)C1CC1c1ccccc1Cl. The number of amides is 1. The highest BCUT2D eigenvalue weighted by Gasteiger charge is 2.45. The van der Waals surface area contributed by atoms with Crippen molar-refractivity contribution in [2.24, 2.45) is 5.92 Å². The zero-order valence-corrected chi connectivity index (χ0v) is 16.7. The second-order valence-electron chi connectivity index (χ2n) is 7.48. The topological polar surface area (TPSA) is 49.0 Å². The van der Waals surface area contributed by atoms with Crippen LogP contribution < -0.4 is 0 Å². The smallest absolute Gasteiger partial charge is 0.226 e. The molecule has 1 fully saturated rings. The van der Waals surface area contributed by atoms with Crippen LogP contribution in [0, 0.1) is 5.92 Å². The first-order valence-corrected chi connectivity index (χ1v) is 10.1. The van der Waals surface area contributed by atoms with E-state index in [1.54, 1.807) is 0 Å². The molecule has 1 saturated carbocycles. The van der Waals surface area contributed by atoms with Crippen molar-refractivity contribution in [1.29, 1.82) is 0 Å². The van der Waals surface area contributed by atoms with Gasteiger partial charge < -0.3 is 4.90 Å². The van der Waals surface area contributed by atoms with Crippen molar-refractivity contribution in [1.82, 2.24) is 15.1 Å². The van der Waals surface area contributed by atoms with E-state index in [4.69, 9.17) is 11.6 Å². The van der Waals surface area contributed by atoms with Gasteiger partial charge in [0.2, 0.25) is 5.91 Å². The van der Waals surface area contributed by atoms with Gasteiger partial charge in [-0.3, -0.25) is 9.89 Å². The first-order chi connectivity index (χ1) is 13.6. The summed E-state index contributed by atoms with van der Waals surface area (Å²) in [7, 11) is 1.90. The molecule has 5 heteroatoms. The van der Waals surface area contributed by atoms with Gasteiger partial charge in [-0.25, -0.2) is 0 Å². The molecular formula is C23H24ClN3O. The van der Waals surface area contributed by atoms with Gasteiger partial charge in [0.1, 0.15) is 0 Å². The summed E-state index contributed by atoms with van der Waals surface area (Å²) in [6.45, 7) is 0.740. The standard InChI is InChI=1S/C23H24ClN3O/c1-27(23(28)20-15-19(20)18-11-5-6-12-21(18)24)13-7-10-17-14-22(26-25-17)16-8-3-2-4-9-16/h2-6,8-9,11-12,14,19-20H,7,10,13,15H2,1H3,(H,25,26). The highest BCUT2D eigenvalue weighted by atomic mass is 35.5. The second kappa shape index (κ2) is 8.19. The van der Waals surface area contributed by atoms with Crippen molar-refractivity contribution in [3.63, 3.8) is 0 Å². The molecule has 3 aromatic rings. The second-order valence-corrected chi connectivity index (χ2v) is 7.89.